The minimum atomic E-state index is -0.303. The summed E-state index contributed by atoms with van der Waals surface area (Å²) in [4.78, 5) is 14.7. The molecule has 1 saturated heterocycles. The second-order valence-corrected chi connectivity index (χ2v) is 6.12. The summed E-state index contributed by atoms with van der Waals surface area (Å²) >= 11 is 5.95. The van der Waals surface area contributed by atoms with Crippen LogP contribution in [0.3, 0.4) is 0 Å². The molecule has 1 spiro atoms. The molecule has 1 aromatic carbocycles. The fourth-order valence-corrected chi connectivity index (χ4v) is 3.22. The number of halogens is 1. The van der Waals surface area contributed by atoms with E-state index in [1.807, 2.05) is 6.07 Å². The number of carbonyl (C=O) groups is 1. The molecule has 0 N–H and O–H groups in total. The Morgan fingerprint density at radius 1 is 1.32 bits per heavy atom. The zero-order chi connectivity index (χ0) is 13.5. The lowest BCUT2D eigenvalue weighted by molar-refractivity contribution is 0.0305. The maximum absolute atomic E-state index is 12.4. The average Bonchev–Trinajstić information content (AvgIpc) is 2.54. The van der Waals surface area contributed by atoms with E-state index < -0.39 is 0 Å². The van der Waals surface area contributed by atoms with E-state index >= 15 is 0 Å². The Labute approximate surface area is 118 Å². The third-order valence-corrected chi connectivity index (χ3v) is 4.41. The van der Waals surface area contributed by atoms with Crippen LogP contribution in [0.1, 0.15) is 36.0 Å². The number of hydrogen-bond donors (Lipinski definition) is 0. The van der Waals surface area contributed by atoms with E-state index in [9.17, 15) is 4.79 Å². The molecule has 1 fully saturated rings. The van der Waals surface area contributed by atoms with Gasteiger partial charge in [0.1, 0.15) is 11.4 Å². The molecule has 1 atom stereocenters. The number of hydrogen-bond acceptors (Lipinski definition) is 3. The SMILES string of the molecule is CN1CCCC2(CC1)CC(=O)c1cc(Cl)ccc1O2. The lowest BCUT2D eigenvalue weighted by Crippen LogP contribution is -2.42. The quantitative estimate of drug-likeness (QED) is 0.731. The van der Waals surface area contributed by atoms with Gasteiger partial charge in [0.25, 0.3) is 0 Å². The van der Waals surface area contributed by atoms with Gasteiger partial charge in [-0.1, -0.05) is 11.6 Å². The van der Waals surface area contributed by atoms with E-state index in [4.69, 9.17) is 16.3 Å². The van der Waals surface area contributed by atoms with E-state index in [2.05, 4.69) is 11.9 Å². The molecule has 0 radical (unpaired) electrons. The summed E-state index contributed by atoms with van der Waals surface area (Å²) in [6, 6.07) is 5.33. The number of nitrogens with zero attached hydrogens (tertiary/aromatic N) is 1. The van der Waals surface area contributed by atoms with Crippen molar-refractivity contribution in [2.75, 3.05) is 20.1 Å². The summed E-state index contributed by atoms with van der Waals surface area (Å²) < 4.78 is 6.21. The third-order valence-electron chi connectivity index (χ3n) is 4.17. The maximum atomic E-state index is 12.4. The fraction of sp³-hybridized carbons (Fsp3) is 0.533. The molecule has 102 valence electrons. The maximum Gasteiger partial charge on any atom is 0.170 e. The Morgan fingerprint density at radius 2 is 2.16 bits per heavy atom. The number of fused-ring (bicyclic) bond motifs is 1. The van der Waals surface area contributed by atoms with Gasteiger partial charge >= 0.3 is 0 Å². The lowest BCUT2D eigenvalue weighted by Gasteiger charge is -2.37. The Hall–Kier alpha value is -1.06. The topological polar surface area (TPSA) is 29.5 Å². The molecular weight excluding hydrogens is 262 g/mol. The highest BCUT2D eigenvalue weighted by atomic mass is 35.5. The van der Waals surface area contributed by atoms with Crippen molar-refractivity contribution in [3.05, 3.63) is 28.8 Å². The summed E-state index contributed by atoms with van der Waals surface area (Å²) in [5.41, 5.74) is 0.332. The largest absolute Gasteiger partial charge is 0.486 e. The standard InChI is InChI=1S/C15H18ClNO2/c1-17-7-2-5-15(6-8-17)10-13(18)12-9-11(16)3-4-14(12)19-15/h3-4,9H,2,5-8,10H2,1H3. The molecule has 2 heterocycles. The predicted octanol–water partition coefficient (Wildman–Crippen LogP) is 3.16. The van der Waals surface area contributed by atoms with Gasteiger partial charge in [-0.25, -0.2) is 0 Å². The van der Waals surface area contributed by atoms with E-state index in [0.29, 0.717) is 22.8 Å². The Kier molecular flexibility index (Phi) is 3.27. The molecule has 0 aliphatic carbocycles. The van der Waals surface area contributed by atoms with Crippen molar-refractivity contribution in [1.29, 1.82) is 0 Å². The van der Waals surface area contributed by atoms with Gasteiger partial charge < -0.3 is 9.64 Å². The summed E-state index contributed by atoms with van der Waals surface area (Å²) in [6.07, 6.45) is 3.42. The van der Waals surface area contributed by atoms with Crippen molar-refractivity contribution in [3.63, 3.8) is 0 Å². The number of Topliss-reactive ketones (excluding diaryl/α,β-unsaturated/α-hetero) is 1. The highest BCUT2D eigenvalue weighted by Gasteiger charge is 2.41. The Bertz CT molecular complexity index is 517. The lowest BCUT2D eigenvalue weighted by atomic mass is 9.84. The van der Waals surface area contributed by atoms with Gasteiger partial charge in [0, 0.05) is 18.0 Å². The number of benzene rings is 1. The second-order valence-electron chi connectivity index (χ2n) is 5.68. The number of rotatable bonds is 0. The molecule has 2 aliphatic rings. The molecule has 1 aromatic rings. The first kappa shape index (κ1) is 12.9. The highest BCUT2D eigenvalue weighted by Crippen LogP contribution is 2.39. The fourth-order valence-electron chi connectivity index (χ4n) is 3.05. The van der Waals surface area contributed by atoms with Crippen LogP contribution in [-0.4, -0.2) is 36.4 Å². The van der Waals surface area contributed by atoms with Gasteiger partial charge in [0.2, 0.25) is 0 Å². The average molecular weight is 280 g/mol. The molecule has 3 rings (SSSR count). The van der Waals surface area contributed by atoms with Crippen LogP contribution in [-0.2, 0) is 0 Å². The summed E-state index contributed by atoms with van der Waals surface area (Å²) in [7, 11) is 2.12. The van der Waals surface area contributed by atoms with Crippen molar-refractivity contribution in [2.45, 2.75) is 31.3 Å². The molecule has 3 nitrogen and oxygen atoms in total. The molecule has 0 amide bonds. The first-order valence-corrected chi connectivity index (χ1v) is 7.16. The Morgan fingerprint density at radius 3 is 3.00 bits per heavy atom. The van der Waals surface area contributed by atoms with Crippen molar-refractivity contribution in [2.24, 2.45) is 0 Å². The first-order chi connectivity index (χ1) is 9.08. The van der Waals surface area contributed by atoms with Gasteiger partial charge in [-0.3, -0.25) is 4.79 Å². The Balaban J connectivity index is 1.91. The zero-order valence-electron chi connectivity index (χ0n) is 11.1. The number of ether oxygens (including phenoxy) is 1. The normalized spacial score (nSPS) is 27.8. The van der Waals surface area contributed by atoms with Crippen LogP contribution in [0.5, 0.6) is 5.75 Å². The van der Waals surface area contributed by atoms with Crippen molar-refractivity contribution >= 4 is 17.4 Å². The predicted molar refractivity (Wildman–Crippen MR) is 75.1 cm³/mol. The number of carbonyl (C=O) groups excluding carboxylic acids is 1. The summed E-state index contributed by atoms with van der Waals surface area (Å²) in [5.74, 6) is 0.860. The number of likely N-dealkylation sites (tertiary alicyclic amines) is 1. The van der Waals surface area contributed by atoms with Gasteiger partial charge in [0.05, 0.1) is 12.0 Å². The first-order valence-electron chi connectivity index (χ1n) is 6.78. The van der Waals surface area contributed by atoms with Crippen molar-refractivity contribution in [3.8, 4) is 5.75 Å². The van der Waals surface area contributed by atoms with E-state index in [1.165, 1.54) is 0 Å². The van der Waals surface area contributed by atoms with Crippen LogP contribution >= 0.6 is 11.6 Å². The zero-order valence-corrected chi connectivity index (χ0v) is 11.9. The highest BCUT2D eigenvalue weighted by molar-refractivity contribution is 6.31. The van der Waals surface area contributed by atoms with Gasteiger partial charge in [-0.15, -0.1) is 0 Å². The molecule has 0 saturated carbocycles. The van der Waals surface area contributed by atoms with Crippen LogP contribution in [0.4, 0.5) is 0 Å². The van der Waals surface area contributed by atoms with Crippen LogP contribution in [0.25, 0.3) is 0 Å². The van der Waals surface area contributed by atoms with E-state index in [0.717, 1.165) is 32.4 Å². The van der Waals surface area contributed by atoms with Crippen LogP contribution < -0.4 is 4.74 Å². The van der Waals surface area contributed by atoms with Gasteiger partial charge in [0.15, 0.2) is 5.78 Å². The third kappa shape index (κ3) is 2.49. The monoisotopic (exact) mass is 279 g/mol. The molecule has 0 bridgehead atoms. The smallest absolute Gasteiger partial charge is 0.170 e. The minimum Gasteiger partial charge on any atom is -0.486 e. The molecule has 2 aliphatic heterocycles. The van der Waals surface area contributed by atoms with Gasteiger partial charge in [-0.05, 0) is 44.6 Å². The molecule has 0 aromatic heterocycles. The van der Waals surface area contributed by atoms with E-state index in [-0.39, 0.29) is 11.4 Å². The summed E-state index contributed by atoms with van der Waals surface area (Å²) in [6.45, 7) is 2.06. The van der Waals surface area contributed by atoms with E-state index in [1.54, 1.807) is 12.1 Å². The van der Waals surface area contributed by atoms with Crippen LogP contribution in [0.15, 0.2) is 18.2 Å². The van der Waals surface area contributed by atoms with Crippen molar-refractivity contribution in [1.82, 2.24) is 4.90 Å². The van der Waals surface area contributed by atoms with Gasteiger partial charge in [-0.2, -0.15) is 0 Å². The molecular formula is C15H18ClNO2. The second kappa shape index (κ2) is 4.80. The van der Waals surface area contributed by atoms with Crippen LogP contribution in [0.2, 0.25) is 5.02 Å². The molecule has 4 heteroatoms. The molecule has 19 heavy (non-hydrogen) atoms. The van der Waals surface area contributed by atoms with Crippen LogP contribution in [0, 0.1) is 0 Å². The summed E-state index contributed by atoms with van der Waals surface area (Å²) in [5, 5.41) is 0.590. The molecule has 1 unspecified atom stereocenters. The minimum absolute atomic E-state index is 0.160. The van der Waals surface area contributed by atoms with Crippen molar-refractivity contribution < 1.29 is 9.53 Å². The number of ketones is 1.